The summed E-state index contributed by atoms with van der Waals surface area (Å²) in [7, 11) is -3.80. The molecule has 0 radical (unpaired) electrons. The number of piperazine rings is 1. The van der Waals surface area contributed by atoms with Crippen LogP contribution in [0, 0.1) is 5.82 Å². The number of ketones is 1. The van der Waals surface area contributed by atoms with Crippen molar-refractivity contribution >= 4 is 21.7 Å². The van der Waals surface area contributed by atoms with Crippen molar-refractivity contribution in [3.63, 3.8) is 0 Å². The Labute approximate surface area is 176 Å². The molecule has 0 aromatic heterocycles. The van der Waals surface area contributed by atoms with Crippen molar-refractivity contribution in [2.24, 2.45) is 0 Å². The number of rotatable bonds is 7. The van der Waals surface area contributed by atoms with E-state index in [1.54, 1.807) is 17.0 Å². The maximum absolute atomic E-state index is 13.4. The minimum atomic E-state index is -3.80. The quantitative estimate of drug-likeness (QED) is 0.631. The summed E-state index contributed by atoms with van der Waals surface area (Å²) in [5.41, 5.74) is 1.74. The van der Waals surface area contributed by atoms with Gasteiger partial charge in [-0.2, -0.15) is 4.31 Å². The maximum Gasteiger partial charge on any atom is 0.243 e. The van der Waals surface area contributed by atoms with Gasteiger partial charge in [-0.25, -0.2) is 12.8 Å². The van der Waals surface area contributed by atoms with Crippen molar-refractivity contribution in [1.29, 1.82) is 0 Å². The first kappa shape index (κ1) is 22.1. The van der Waals surface area contributed by atoms with Crippen LogP contribution < -0.4 is 0 Å². The van der Waals surface area contributed by atoms with Gasteiger partial charge in [0.2, 0.25) is 15.9 Å². The molecule has 160 valence electrons. The third-order valence-electron chi connectivity index (χ3n) is 5.28. The van der Waals surface area contributed by atoms with E-state index in [9.17, 15) is 22.4 Å². The van der Waals surface area contributed by atoms with E-state index in [1.807, 2.05) is 19.1 Å². The molecule has 30 heavy (non-hydrogen) atoms. The molecule has 1 aliphatic heterocycles. The number of benzene rings is 2. The van der Waals surface area contributed by atoms with Gasteiger partial charge < -0.3 is 4.90 Å². The number of carbonyl (C=O) groups excluding carboxylic acids is 2. The molecule has 2 aromatic carbocycles. The largest absolute Gasteiger partial charge is 0.340 e. The lowest BCUT2D eigenvalue weighted by molar-refractivity contribution is -0.132. The second-order valence-corrected chi connectivity index (χ2v) is 9.15. The van der Waals surface area contributed by atoms with E-state index in [0.29, 0.717) is 5.56 Å². The number of halogens is 1. The van der Waals surface area contributed by atoms with E-state index in [0.717, 1.165) is 18.1 Å². The summed E-state index contributed by atoms with van der Waals surface area (Å²) >= 11 is 0. The average Bonchev–Trinajstić information content (AvgIpc) is 2.77. The molecule has 1 aliphatic rings. The Kier molecular flexibility index (Phi) is 6.99. The Hall–Kier alpha value is -2.58. The summed E-state index contributed by atoms with van der Waals surface area (Å²) in [5, 5.41) is 0. The smallest absolute Gasteiger partial charge is 0.243 e. The minimum Gasteiger partial charge on any atom is -0.340 e. The number of carbonyl (C=O) groups is 2. The summed E-state index contributed by atoms with van der Waals surface area (Å²) < 4.78 is 39.9. The number of amides is 1. The number of hydrogen-bond acceptors (Lipinski definition) is 4. The number of Topliss-reactive ketones (excluding diaryl/α,β-unsaturated/α-hetero) is 1. The lowest BCUT2D eigenvalue weighted by Crippen LogP contribution is -2.50. The number of nitrogens with zero attached hydrogens (tertiary/aromatic N) is 2. The van der Waals surface area contributed by atoms with Gasteiger partial charge in [0.1, 0.15) is 5.82 Å². The Morgan fingerprint density at radius 2 is 1.63 bits per heavy atom. The van der Waals surface area contributed by atoms with E-state index in [-0.39, 0.29) is 55.6 Å². The first-order valence-corrected chi connectivity index (χ1v) is 11.4. The van der Waals surface area contributed by atoms with Crippen molar-refractivity contribution in [3.8, 4) is 0 Å². The topological polar surface area (TPSA) is 74.8 Å². The summed E-state index contributed by atoms with van der Waals surface area (Å²) in [6, 6.07) is 12.3. The predicted octanol–water partition coefficient (Wildman–Crippen LogP) is 2.88. The van der Waals surface area contributed by atoms with Crippen LogP contribution in [0.2, 0.25) is 0 Å². The Balaban J connectivity index is 1.52. The van der Waals surface area contributed by atoms with Crippen LogP contribution in [0.25, 0.3) is 0 Å². The monoisotopic (exact) mass is 432 g/mol. The fraction of sp³-hybridized carbons (Fsp3) is 0.364. The molecule has 3 rings (SSSR count). The van der Waals surface area contributed by atoms with Crippen LogP contribution in [0.15, 0.2) is 53.4 Å². The molecule has 1 amide bonds. The van der Waals surface area contributed by atoms with E-state index >= 15 is 0 Å². The van der Waals surface area contributed by atoms with Gasteiger partial charge in [-0.15, -0.1) is 0 Å². The normalized spacial score (nSPS) is 15.2. The van der Waals surface area contributed by atoms with Crippen molar-refractivity contribution < 1.29 is 22.4 Å². The maximum atomic E-state index is 13.4. The molecule has 1 fully saturated rings. The highest BCUT2D eigenvalue weighted by atomic mass is 32.2. The van der Waals surface area contributed by atoms with Crippen molar-refractivity contribution in [1.82, 2.24) is 9.21 Å². The van der Waals surface area contributed by atoms with Crippen LogP contribution in [-0.4, -0.2) is 55.5 Å². The number of sulfonamides is 1. The fourth-order valence-corrected chi connectivity index (χ4v) is 4.86. The van der Waals surface area contributed by atoms with Gasteiger partial charge in [-0.05, 0) is 30.2 Å². The molecule has 0 N–H and O–H groups in total. The van der Waals surface area contributed by atoms with Gasteiger partial charge in [0.15, 0.2) is 5.78 Å². The summed E-state index contributed by atoms with van der Waals surface area (Å²) in [4.78, 5) is 26.3. The van der Waals surface area contributed by atoms with E-state index < -0.39 is 15.8 Å². The SMILES string of the molecule is CCc1ccc(C(=O)CCC(=O)N2CCN(S(=O)(=O)c3cccc(F)c3)CC2)cc1. The van der Waals surface area contributed by atoms with Crippen molar-refractivity contribution in [3.05, 3.63) is 65.5 Å². The molecular weight excluding hydrogens is 407 g/mol. The van der Waals surface area contributed by atoms with Crippen LogP contribution in [-0.2, 0) is 21.2 Å². The van der Waals surface area contributed by atoms with Crippen molar-refractivity contribution in [2.45, 2.75) is 31.1 Å². The first-order valence-electron chi connectivity index (χ1n) is 9.97. The molecule has 2 aromatic rings. The lowest BCUT2D eigenvalue weighted by Gasteiger charge is -2.34. The van der Waals surface area contributed by atoms with Gasteiger partial charge in [0.25, 0.3) is 0 Å². The second-order valence-electron chi connectivity index (χ2n) is 7.22. The van der Waals surface area contributed by atoms with Gasteiger partial charge in [0.05, 0.1) is 4.90 Å². The number of hydrogen-bond donors (Lipinski definition) is 0. The Bertz CT molecular complexity index is 1010. The van der Waals surface area contributed by atoms with Crippen LogP contribution in [0.5, 0.6) is 0 Å². The van der Waals surface area contributed by atoms with Crippen LogP contribution in [0.1, 0.15) is 35.7 Å². The first-order chi connectivity index (χ1) is 14.3. The zero-order valence-electron chi connectivity index (χ0n) is 16.9. The third-order valence-corrected chi connectivity index (χ3v) is 7.17. The second kappa shape index (κ2) is 9.49. The van der Waals surface area contributed by atoms with Crippen molar-refractivity contribution in [2.75, 3.05) is 26.2 Å². The molecular formula is C22H25FN2O4S. The van der Waals surface area contributed by atoms with Gasteiger partial charge >= 0.3 is 0 Å². The van der Waals surface area contributed by atoms with E-state index in [4.69, 9.17) is 0 Å². The molecule has 0 atom stereocenters. The van der Waals surface area contributed by atoms with Crippen LogP contribution in [0.3, 0.4) is 0 Å². The molecule has 0 bridgehead atoms. The summed E-state index contributed by atoms with van der Waals surface area (Å²) in [5.74, 6) is -0.867. The molecule has 6 nitrogen and oxygen atoms in total. The zero-order chi connectivity index (χ0) is 21.7. The highest BCUT2D eigenvalue weighted by Gasteiger charge is 2.30. The molecule has 0 aliphatic carbocycles. The minimum absolute atomic E-state index is 0.0849. The highest BCUT2D eigenvalue weighted by Crippen LogP contribution is 2.19. The van der Waals surface area contributed by atoms with Gasteiger partial charge in [-0.3, -0.25) is 9.59 Å². The van der Waals surface area contributed by atoms with Crippen LogP contribution >= 0.6 is 0 Å². The zero-order valence-corrected chi connectivity index (χ0v) is 17.7. The molecule has 1 saturated heterocycles. The Morgan fingerprint density at radius 3 is 2.23 bits per heavy atom. The summed E-state index contributed by atoms with van der Waals surface area (Å²) in [6.07, 6.45) is 1.10. The molecule has 1 heterocycles. The van der Waals surface area contributed by atoms with Gasteiger partial charge in [0, 0.05) is 44.6 Å². The standard InChI is InChI=1S/C22H25FN2O4S/c1-2-17-6-8-18(9-7-17)21(26)10-11-22(27)24-12-14-25(15-13-24)30(28,29)20-5-3-4-19(23)16-20/h3-9,16H,2,10-15H2,1H3. The highest BCUT2D eigenvalue weighted by molar-refractivity contribution is 7.89. The molecule has 8 heteroatoms. The molecule has 0 saturated carbocycles. The average molecular weight is 433 g/mol. The third kappa shape index (κ3) is 5.12. The van der Waals surface area contributed by atoms with E-state index in [1.165, 1.54) is 22.5 Å². The fourth-order valence-electron chi connectivity index (χ4n) is 3.40. The Morgan fingerprint density at radius 1 is 0.967 bits per heavy atom. The molecule has 0 spiro atoms. The molecule has 0 unspecified atom stereocenters. The van der Waals surface area contributed by atoms with Gasteiger partial charge in [-0.1, -0.05) is 37.3 Å². The summed E-state index contributed by atoms with van der Waals surface area (Å²) in [6.45, 7) is 2.80. The van der Waals surface area contributed by atoms with E-state index in [2.05, 4.69) is 0 Å². The predicted molar refractivity (Wildman–Crippen MR) is 111 cm³/mol. The van der Waals surface area contributed by atoms with Crippen LogP contribution in [0.4, 0.5) is 4.39 Å². The lowest BCUT2D eigenvalue weighted by atomic mass is 10.0. The number of aryl methyl sites for hydroxylation is 1.